The maximum Gasteiger partial charge on any atom is 0.252 e. The Bertz CT molecular complexity index is 386. The van der Waals surface area contributed by atoms with Crippen LogP contribution in [0, 0.1) is 0 Å². The topological polar surface area (TPSA) is 71.5 Å². The van der Waals surface area contributed by atoms with Gasteiger partial charge in [-0.1, -0.05) is 13.8 Å². The number of aromatic nitrogens is 1. The summed E-state index contributed by atoms with van der Waals surface area (Å²) in [4.78, 5) is 15.8. The third-order valence-corrected chi connectivity index (χ3v) is 3.10. The van der Waals surface area contributed by atoms with Crippen molar-refractivity contribution in [3.63, 3.8) is 0 Å². The van der Waals surface area contributed by atoms with Gasteiger partial charge in [0.15, 0.2) is 0 Å². The molecule has 0 radical (unpaired) electrons. The number of carbonyl (C=O) groups excluding carboxylic acids is 1. The van der Waals surface area contributed by atoms with Crippen molar-refractivity contribution in [3.8, 4) is 5.88 Å². The minimum Gasteiger partial charge on any atom is -0.481 e. The lowest BCUT2D eigenvalue weighted by atomic mass is 9.97. The van der Waals surface area contributed by atoms with E-state index in [1.54, 1.807) is 12.1 Å². The van der Waals surface area contributed by atoms with Crippen molar-refractivity contribution >= 4 is 5.91 Å². The lowest BCUT2D eigenvalue weighted by Crippen LogP contribution is -2.42. The maximum atomic E-state index is 11.8. The number of hydrogen-bond acceptors (Lipinski definition) is 4. The normalized spacial score (nSPS) is 11.1. The van der Waals surface area contributed by atoms with Crippen LogP contribution in [-0.4, -0.2) is 35.3 Å². The Morgan fingerprint density at radius 1 is 1.44 bits per heavy atom. The van der Waals surface area contributed by atoms with Crippen molar-refractivity contribution < 1.29 is 14.6 Å². The summed E-state index contributed by atoms with van der Waals surface area (Å²) >= 11 is 0. The molecule has 18 heavy (non-hydrogen) atoms. The summed E-state index contributed by atoms with van der Waals surface area (Å²) in [5.74, 6) is 0.218. The molecule has 0 bridgehead atoms. The minimum atomic E-state index is -0.838. The molecule has 0 aliphatic heterocycles. The Morgan fingerprint density at radius 2 is 2.11 bits per heavy atom. The van der Waals surface area contributed by atoms with Gasteiger partial charge in [-0.3, -0.25) is 4.79 Å². The highest BCUT2D eigenvalue weighted by Gasteiger charge is 2.22. The second kappa shape index (κ2) is 6.35. The van der Waals surface area contributed by atoms with Gasteiger partial charge in [-0.2, -0.15) is 0 Å². The lowest BCUT2D eigenvalue weighted by Gasteiger charge is -2.25. The summed E-state index contributed by atoms with van der Waals surface area (Å²) in [7, 11) is 1.52. The molecule has 0 spiro atoms. The first-order valence-electron chi connectivity index (χ1n) is 6.05. The van der Waals surface area contributed by atoms with E-state index in [1.807, 2.05) is 13.8 Å². The number of nitrogens with zero attached hydrogens (tertiary/aromatic N) is 1. The van der Waals surface area contributed by atoms with E-state index in [9.17, 15) is 9.90 Å². The first kappa shape index (κ1) is 14.4. The van der Waals surface area contributed by atoms with Crippen LogP contribution in [0.2, 0.25) is 0 Å². The van der Waals surface area contributed by atoms with Crippen molar-refractivity contribution in [1.82, 2.24) is 10.3 Å². The number of carbonyl (C=O) groups is 1. The SMILES string of the molecule is CCC(O)(CC)CNC(=O)c1ccc(OC)nc1. The molecule has 0 atom stereocenters. The summed E-state index contributed by atoms with van der Waals surface area (Å²) in [6.07, 6.45) is 2.65. The second-order valence-electron chi connectivity index (χ2n) is 4.20. The number of ether oxygens (including phenoxy) is 1. The molecule has 0 aliphatic rings. The largest absolute Gasteiger partial charge is 0.481 e. The molecule has 5 nitrogen and oxygen atoms in total. The van der Waals surface area contributed by atoms with Crippen LogP contribution in [0.3, 0.4) is 0 Å². The van der Waals surface area contributed by atoms with Crippen molar-refractivity contribution in [3.05, 3.63) is 23.9 Å². The molecule has 0 saturated heterocycles. The van der Waals surface area contributed by atoms with E-state index >= 15 is 0 Å². The van der Waals surface area contributed by atoms with Gasteiger partial charge in [0.2, 0.25) is 5.88 Å². The van der Waals surface area contributed by atoms with Crippen LogP contribution in [-0.2, 0) is 0 Å². The molecule has 0 saturated carbocycles. The molecule has 2 N–H and O–H groups in total. The number of methoxy groups -OCH3 is 1. The van der Waals surface area contributed by atoms with Crippen LogP contribution in [0.15, 0.2) is 18.3 Å². The number of nitrogens with one attached hydrogen (secondary N) is 1. The first-order chi connectivity index (χ1) is 8.54. The summed E-state index contributed by atoms with van der Waals surface area (Å²) in [5.41, 5.74) is -0.388. The van der Waals surface area contributed by atoms with E-state index < -0.39 is 5.60 Å². The first-order valence-corrected chi connectivity index (χ1v) is 6.05. The van der Waals surface area contributed by atoms with Crippen LogP contribution in [0.1, 0.15) is 37.0 Å². The lowest BCUT2D eigenvalue weighted by molar-refractivity contribution is 0.0314. The molecule has 1 rings (SSSR count). The molecular formula is C13H20N2O3. The zero-order chi connectivity index (χ0) is 13.6. The third-order valence-electron chi connectivity index (χ3n) is 3.10. The predicted molar refractivity (Wildman–Crippen MR) is 68.7 cm³/mol. The zero-order valence-electron chi connectivity index (χ0n) is 11.1. The minimum absolute atomic E-state index is 0.241. The molecule has 100 valence electrons. The molecule has 1 aromatic heterocycles. The third kappa shape index (κ3) is 3.70. The molecule has 1 heterocycles. The van der Waals surface area contributed by atoms with Crippen LogP contribution in [0.5, 0.6) is 5.88 Å². The number of amides is 1. The highest BCUT2D eigenvalue weighted by molar-refractivity contribution is 5.93. The van der Waals surface area contributed by atoms with Gasteiger partial charge < -0.3 is 15.2 Å². The Balaban J connectivity index is 2.59. The number of hydrogen-bond donors (Lipinski definition) is 2. The fraction of sp³-hybridized carbons (Fsp3) is 0.538. The van der Waals surface area contributed by atoms with Crippen molar-refractivity contribution in [2.75, 3.05) is 13.7 Å². The Kier molecular flexibility index (Phi) is 5.09. The van der Waals surface area contributed by atoms with E-state index in [0.29, 0.717) is 24.3 Å². The molecule has 1 amide bonds. The average molecular weight is 252 g/mol. The fourth-order valence-electron chi connectivity index (χ4n) is 1.48. The van der Waals surface area contributed by atoms with Crippen molar-refractivity contribution in [2.24, 2.45) is 0 Å². The van der Waals surface area contributed by atoms with Gasteiger partial charge in [0.05, 0.1) is 18.3 Å². The molecular weight excluding hydrogens is 232 g/mol. The fourth-order valence-corrected chi connectivity index (χ4v) is 1.48. The van der Waals surface area contributed by atoms with E-state index in [1.165, 1.54) is 13.3 Å². The quantitative estimate of drug-likeness (QED) is 0.802. The molecule has 0 aliphatic carbocycles. The van der Waals surface area contributed by atoms with E-state index in [0.717, 1.165) is 0 Å². The molecule has 0 aromatic carbocycles. The van der Waals surface area contributed by atoms with Gasteiger partial charge >= 0.3 is 0 Å². The van der Waals surface area contributed by atoms with Crippen LogP contribution < -0.4 is 10.1 Å². The summed E-state index contributed by atoms with van der Waals surface area (Å²) in [6.45, 7) is 4.03. The van der Waals surface area contributed by atoms with Crippen LogP contribution >= 0.6 is 0 Å². The number of pyridine rings is 1. The molecule has 5 heteroatoms. The smallest absolute Gasteiger partial charge is 0.252 e. The van der Waals surface area contributed by atoms with Gasteiger partial charge in [0, 0.05) is 18.8 Å². The van der Waals surface area contributed by atoms with Gasteiger partial charge in [0.1, 0.15) is 0 Å². The summed E-state index contributed by atoms with van der Waals surface area (Å²) < 4.78 is 4.92. The van der Waals surface area contributed by atoms with Gasteiger partial charge in [-0.25, -0.2) is 4.98 Å². The Morgan fingerprint density at radius 3 is 2.56 bits per heavy atom. The van der Waals surface area contributed by atoms with E-state index in [4.69, 9.17) is 4.74 Å². The molecule has 0 fully saturated rings. The number of aliphatic hydroxyl groups is 1. The van der Waals surface area contributed by atoms with E-state index in [-0.39, 0.29) is 12.5 Å². The van der Waals surface area contributed by atoms with Gasteiger partial charge in [0.25, 0.3) is 5.91 Å². The summed E-state index contributed by atoms with van der Waals surface area (Å²) in [6, 6.07) is 3.26. The van der Waals surface area contributed by atoms with Crippen molar-refractivity contribution in [2.45, 2.75) is 32.3 Å². The maximum absolute atomic E-state index is 11.8. The Hall–Kier alpha value is -1.62. The Labute approximate surface area is 107 Å². The predicted octanol–water partition coefficient (Wildman–Crippen LogP) is 1.37. The summed E-state index contributed by atoms with van der Waals surface area (Å²) in [5, 5.41) is 12.8. The monoisotopic (exact) mass is 252 g/mol. The molecule has 1 aromatic rings. The highest BCUT2D eigenvalue weighted by Crippen LogP contribution is 2.13. The second-order valence-corrected chi connectivity index (χ2v) is 4.20. The van der Waals surface area contributed by atoms with Crippen molar-refractivity contribution in [1.29, 1.82) is 0 Å². The number of rotatable bonds is 6. The highest BCUT2D eigenvalue weighted by atomic mass is 16.5. The standard InChI is InChI=1S/C13H20N2O3/c1-4-13(17,5-2)9-15-12(16)10-6-7-11(18-3)14-8-10/h6-8,17H,4-5,9H2,1-3H3,(H,15,16). The van der Waals surface area contributed by atoms with Gasteiger partial charge in [-0.15, -0.1) is 0 Å². The van der Waals surface area contributed by atoms with Crippen LogP contribution in [0.4, 0.5) is 0 Å². The average Bonchev–Trinajstić information content (AvgIpc) is 2.44. The molecule has 0 unspecified atom stereocenters. The zero-order valence-corrected chi connectivity index (χ0v) is 11.1. The van der Waals surface area contributed by atoms with E-state index in [2.05, 4.69) is 10.3 Å². The van der Waals surface area contributed by atoms with Gasteiger partial charge in [-0.05, 0) is 18.9 Å². The van der Waals surface area contributed by atoms with Crippen LogP contribution in [0.25, 0.3) is 0 Å².